The number of thiocarbonyl (C=S) groups is 1. The Kier molecular flexibility index (Phi) is 5.04. The standard InChI is InChI=1S/C20H25N3OS/c25-20(21-13-19-7-4-10-24-19)22-16-11-17-8-9-18(12-16)23(17)14-15-5-2-1-3-6-15/h1-7,10,16-18H,8-9,11-14H2,(H2,21,22,25)/t16?,17-,18+. The van der Waals surface area contributed by atoms with Crippen LogP contribution in [0.3, 0.4) is 0 Å². The average Bonchev–Trinajstić information content (AvgIpc) is 3.21. The van der Waals surface area contributed by atoms with Gasteiger partial charge in [-0.15, -0.1) is 0 Å². The van der Waals surface area contributed by atoms with Crippen LogP contribution in [-0.4, -0.2) is 28.1 Å². The number of hydrogen-bond donors (Lipinski definition) is 2. The predicted octanol–water partition coefficient (Wildman–Crippen LogP) is 3.44. The molecule has 132 valence electrons. The summed E-state index contributed by atoms with van der Waals surface area (Å²) in [5, 5.41) is 7.50. The van der Waals surface area contributed by atoms with Crippen molar-refractivity contribution in [3.8, 4) is 0 Å². The summed E-state index contributed by atoms with van der Waals surface area (Å²) in [4.78, 5) is 2.70. The SMILES string of the molecule is S=C(NCc1ccco1)NC1C[C@H]2CC[C@@H](C1)N2Cc1ccccc1. The molecule has 2 aliphatic rings. The van der Waals surface area contributed by atoms with E-state index in [-0.39, 0.29) is 0 Å². The van der Waals surface area contributed by atoms with Crippen LogP contribution in [0.25, 0.3) is 0 Å². The highest BCUT2D eigenvalue weighted by Gasteiger charge is 2.40. The number of nitrogens with one attached hydrogen (secondary N) is 2. The molecule has 3 heterocycles. The molecular weight excluding hydrogens is 330 g/mol. The fourth-order valence-corrected chi connectivity index (χ4v) is 4.50. The van der Waals surface area contributed by atoms with E-state index in [1.54, 1.807) is 6.26 Å². The van der Waals surface area contributed by atoms with Crippen LogP contribution in [0.4, 0.5) is 0 Å². The monoisotopic (exact) mass is 355 g/mol. The van der Waals surface area contributed by atoms with Crippen LogP contribution < -0.4 is 10.6 Å². The summed E-state index contributed by atoms with van der Waals surface area (Å²) in [6.45, 7) is 1.71. The summed E-state index contributed by atoms with van der Waals surface area (Å²) in [5.41, 5.74) is 1.42. The second-order valence-corrected chi connectivity index (χ2v) is 7.53. The Bertz CT molecular complexity index is 674. The molecule has 2 aromatic rings. The second kappa shape index (κ2) is 7.58. The van der Waals surface area contributed by atoms with Crippen LogP contribution in [0.2, 0.25) is 0 Å². The Labute approximate surface area is 154 Å². The van der Waals surface area contributed by atoms with Crippen LogP contribution in [-0.2, 0) is 13.1 Å². The molecule has 3 atom stereocenters. The molecule has 2 aliphatic heterocycles. The van der Waals surface area contributed by atoms with Gasteiger partial charge in [0.2, 0.25) is 0 Å². The van der Waals surface area contributed by atoms with Gasteiger partial charge in [0, 0.05) is 24.7 Å². The summed E-state index contributed by atoms with van der Waals surface area (Å²) in [5.74, 6) is 0.905. The van der Waals surface area contributed by atoms with E-state index in [0.29, 0.717) is 24.7 Å². The van der Waals surface area contributed by atoms with Gasteiger partial charge >= 0.3 is 0 Å². The van der Waals surface area contributed by atoms with Crippen molar-refractivity contribution in [2.75, 3.05) is 0 Å². The van der Waals surface area contributed by atoms with Crippen LogP contribution in [0.5, 0.6) is 0 Å². The smallest absolute Gasteiger partial charge is 0.166 e. The van der Waals surface area contributed by atoms with Crippen molar-refractivity contribution in [2.24, 2.45) is 0 Å². The van der Waals surface area contributed by atoms with Crippen LogP contribution in [0.1, 0.15) is 37.0 Å². The third-order valence-electron chi connectivity index (χ3n) is 5.43. The van der Waals surface area contributed by atoms with E-state index in [1.807, 2.05) is 12.1 Å². The molecule has 0 radical (unpaired) electrons. The van der Waals surface area contributed by atoms with Gasteiger partial charge in [0.15, 0.2) is 5.11 Å². The number of furan rings is 1. The lowest BCUT2D eigenvalue weighted by Gasteiger charge is -2.39. The molecule has 1 unspecified atom stereocenters. The number of rotatable bonds is 5. The van der Waals surface area contributed by atoms with Crippen molar-refractivity contribution in [2.45, 2.75) is 56.9 Å². The molecule has 4 nitrogen and oxygen atoms in total. The maximum absolute atomic E-state index is 5.46. The van der Waals surface area contributed by atoms with Gasteiger partial charge in [-0.3, -0.25) is 4.90 Å². The maximum atomic E-state index is 5.46. The van der Waals surface area contributed by atoms with Crippen molar-refractivity contribution in [3.63, 3.8) is 0 Å². The van der Waals surface area contributed by atoms with E-state index >= 15 is 0 Å². The van der Waals surface area contributed by atoms with Gasteiger partial charge in [-0.05, 0) is 55.6 Å². The highest BCUT2D eigenvalue weighted by atomic mass is 32.1. The summed E-state index contributed by atoms with van der Waals surface area (Å²) < 4.78 is 5.33. The lowest BCUT2D eigenvalue weighted by Crippen LogP contribution is -2.51. The van der Waals surface area contributed by atoms with Gasteiger partial charge in [0.05, 0.1) is 12.8 Å². The van der Waals surface area contributed by atoms with Crippen molar-refractivity contribution in [1.82, 2.24) is 15.5 Å². The molecule has 1 aromatic carbocycles. The number of piperidine rings is 1. The second-order valence-electron chi connectivity index (χ2n) is 7.12. The number of nitrogens with zero attached hydrogens (tertiary/aromatic N) is 1. The normalized spacial score (nSPS) is 25.7. The Balaban J connectivity index is 1.28. The number of benzene rings is 1. The first-order valence-electron chi connectivity index (χ1n) is 9.14. The Morgan fingerprint density at radius 3 is 2.52 bits per heavy atom. The van der Waals surface area contributed by atoms with E-state index in [4.69, 9.17) is 16.6 Å². The first-order chi connectivity index (χ1) is 12.3. The first-order valence-corrected chi connectivity index (χ1v) is 9.55. The highest BCUT2D eigenvalue weighted by molar-refractivity contribution is 7.80. The van der Waals surface area contributed by atoms with Crippen LogP contribution in [0.15, 0.2) is 53.1 Å². The molecule has 1 aromatic heterocycles. The van der Waals surface area contributed by atoms with Gasteiger partial charge in [-0.1, -0.05) is 30.3 Å². The number of fused-ring (bicyclic) bond motifs is 2. The van der Waals surface area contributed by atoms with Crippen LogP contribution in [0, 0.1) is 0 Å². The largest absolute Gasteiger partial charge is 0.467 e. The van der Waals surface area contributed by atoms with E-state index in [9.17, 15) is 0 Å². The van der Waals surface area contributed by atoms with Gasteiger partial charge < -0.3 is 15.1 Å². The van der Waals surface area contributed by atoms with Crippen molar-refractivity contribution in [1.29, 1.82) is 0 Å². The van der Waals surface area contributed by atoms with Gasteiger partial charge in [-0.2, -0.15) is 0 Å². The average molecular weight is 356 g/mol. The van der Waals surface area contributed by atoms with E-state index in [2.05, 4.69) is 45.9 Å². The van der Waals surface area contributed by atoms with Crippen LogP contribution >= 0.6 is 12.2 Å². The third-order valence-corrected chi connectivity index (χ3v) is 5.69. The Morgan fingerprint density at radius 2 is 1.84 bits per heavy atom. The Hall–Kier alpha value is -1.85. The van der Waals surface area contributed by atoms with Gasteiger partial charge in [0.1, 0.15) is 5.76 Å². The zero-order valence-corrected chi connectivity index (χ0v) is 15.2. The molecule has 2 bridgehead atoms. The minimum absolute atomic E-state index is 0.473. The molecule has 0 saturated carbocycles. The molecule has 25 heavy (non-hydrogen) atoms. The molecule has 2 saturated heterocycles. The first kappa shape index (κ1) is 16.6. The van der Waals surface area contributed by atoms with Crippen molar-refractivity contribution in [3.05, 3.63) is 60.1 Å². The van der Waals surface area contributed by atoms with Crippen molar-refractivity contribution < 1.29 is 4.42 Å². The lowest BCUT2D eigenvalue weighted by atomic mass is 9.96. The molecule has 2 N–H and O–H groups in total. The van der Waals surface area contributed by atoms with E-state index in [1.165, 1.54) is 31.2 Å². The predicted molar refractivity (Wildman–Crippen MR) is 103 cm³/mol. The lowest BCUT2D eigenvalue weighted by molar-refractivity contribution is 0.115. The summed E-state index contributed by atoms with van der Waals surface area (Å²) in [7, 11) is 0. The van der Waals surface area contributed by atoms with Gasteiger partial charge in [0.25, 0.3) is 0 Å². The number of hydrogen-bond acceptors (Lipinski definition) is 3. The summed E-state index contributed by atoms with van der Waals surface area (Å²) in [6.07, 6.45) is 6.65. The zero-order chi connectivity index (χ0) is 17.1. The quantitative estimate of drug-likeness (QED) is 0.804. The fraction of sp³-hybridized carbons (Fsp3) is 0.450. The van der Waals surface area contributed by atoms with Gasteiger partial charge in [-0.25, -0.2) is 0 Å². The molecule has 4 rings (SSSR count). The molecule has 0 amide bonds. The minimum Gasteiger partial charge on any atom is -0.467 e. The summed E-state index contributed by atoms with van der Waals surface area (Å²) >= 11 is 5.46. The molecule has 5 heteroatoms. The fourth-order valence-electron chi connectivity index (χ4n) is 4.26. The molecule has 2 fully saturated rings. The molecule has 0 aliphatic carbocycles. The Morgan fingerprint density at radius 1 is 1.08 bits per heavy atom. The summed E-state index contributed by atoms with van der Waals surface area (Å²) in [6, 6.07) is 16.5. The highest BCUT2D eigenvalue weighted by Crippen LogP contribution is 2.36. The van der Waals surface area contributed by atoms with E-state index in [0.717, 1.165) is 17.4 Å². The maximum Gasteiger partial charge on any atom is 0.166 e. The van der Waals surface area contributed by atoms with Crippen molar-refractivity contribution >= 4 is 17.3 Å². The molecule has 0 spiro atoms. The van der Waals surface area contributed by atoms with E-state index < -0.39 is 0 Å². The topological polar surface area (TPSA) is 40.4 Å². The zero-order valence-electron chi connectivity index (χ0n) is 14.4. The third kappa shape index (κ3) is 4.05. The minimum atomic E-state index is 0.473. The molecular formula is C20H25N3OS.